The van der Waals surface area contributed by atoms with E-state index in [-0.39, 0.29) is 42.0 Å². The third kappa shape index (κ3) is 5.18. The SMILES string of the molecule is CC(=O)c1cccc(S(=O)(=O)N2CCC(C(=O)NCc3ccc(F)cc3)(c3ccccc3)CC2)c1. The van der Waals surface area contributed by atoms with Crippen molar-refractivity contribution in [3.8, 4) is 0 Å². The minimum absolute atomic E-state index is 0.0678. The van der Waals surface area contributed by atoms with Gasteiger partial charge in [-0.05, 0) is 55.2 Å². The standard InChI is InChI=1S/C27H27FN2O4S/c1-20(31)22-6-5-9-25(18-22)35(33,34)30-16-14-27(15-17-30,23-7-3-2-4-8-23)26(32)29-19-21-10-12-24(28)13-11-21/h2-13,18H,14-17,19H2,1H3,(H,29,32). The van der Waals surface area contributed by atoms with Crippen LogP contribution in [-0.2, 0) is 26.8 Å². The first-order chi connectivity index (χ1) is 16.7. The largest absolute Gasteiger partial charge is 0.351 e. The topological polar surface area (TPSA) is 83.6 Å². The van der Waals surface area contributed by atoms with Gasteiger partial charge in [0.25, 0.3) is 0 Å². The molecule has 1 amide bonds. The second-order valence-electron chi connectivity index (χ2n) is 8.75. The highest BCUT2D eigenvalue weighted by molar-refractivity contribution is 7.89. The summed E-state index contributed by atoms with van der Waals surface area (Å²) in [6.07, 6.45) is 0.607. The molecule has 1 aliphatic heterocycles. The second kappa shape index (κ2) is 10.1. The number of ketones is 1. The molecule has 3 aromatic rings. The van der Waals surface area contributed by atoms with Crippen LogP contribution in [0.1, 0.15) is 41.3 Å². The number of carbonyl (C=O) groups is 2. The maximum absolute atomic E-state index is 13.5. The van der Waals surface area contributed by atoms with Gasteiger partial charge >= 0.3 is 0 Å². The number of sulfonamides is 1. The fourth-order valence-corrected chi connectivity index (χ4v) is 5.98. The molecule has 0 spiro atoms. The van der Waals surface area contributed by atoms with E-state index in [9.17, 15) is 22.4 Å². The summed E-state index contributed by atoms with van der Waals surface area (Å²) in [5, 5.41) is 2.97. The van der Waals surface area contributed by atoms with Gasteiger partial charge < -0.3 is 5.32 Å². The van der Waals surface area contributed by atoms with Crippen LogP contribution in [0.15, 0.2) is 83.8 Å². The molecule has 182 valence electrons. The van der Waals surface area contributed by atoms with Crippen LogP contribution in [0.4, 0.5) is 4.39 Å². The molecule has 3 aromatic carbocycles. The molecule has 1 N–H and O–H groups in total. The lowest BCUT2D eigenvalue weighted by Crippen LogP contribution is -2.52. The Morgan fingerprint density at radius 2 is 1.60 bits per heavy atom. The van der Waals surface area contributed by atoms with Gasteiger partial charge in [-0.1, -0.05) is 54.6 Å². The normalized spacial score (nSPS) is 15.9. The number of benzene rings is 3. The van der Waals surface area contributed by atoms with E-state index in [0.29, 0.717) is 18.4 Å². The van der Waals surface area contributed by atoms with Crippen molar-refractivity contribution in [2.45, 2.75) is 36.6 Å². The number of halogens is 1. The number of rotatable bonds is 7. The summed E-state index contributed by atoms with van der Waals surface area (Å²) in [6, 6.07) is 21.3. The van der Waals surface area contributed by atoms with Crippen LogP contribution in [0.3, 0.4) is 0 Å². The number of hydrogen-bond donors (Lipinski definition) is 1. The molecule has 1 aliphatic rings. The zero-order valence-electron chi connectivity index (χ0n) is 19.4. The summed E-state index contributed by atoms with van der Waals surface area (Å²) >= 11 is 0. The van der Waals surface area contributed by atoms with Crippen molar-refractivity contribution in [2.75, 3.05) is 13.1 Å². The first-order valence-electron chi connectivity index (χ1n) is 11.4. The highest BCUT2D eigenvalue weighted by atomic mass is 32.2. The predicted octanol–water partition coefficient (Wildman–Crippen LogP) is 4.07. The summed E-state index contributed by atoms with van der Waals surface area (Å²) in [5.41, 5.74) is 1.04. The molecule has 1 fully saturated rings. The van der Waals surface area contributed by atoms with E-state index >= 15 is 0 Å². The van der Waals surface area contributed by atoms with E-state index in [0.717, 1.165) is 11.1 Å². The lowest BCUT2D eigenvalue weighted by molar-refractivity contribution is -0.128. The number of nitrogens with one attached hydrogen (secondary N) is 1. The molecule has 0 radical (unpaired) electrons. The highest BCUT2D eigenvalue weighted by Gasteiger charge is 2.45. The van der Waals surface area contributed by atoms with Crippen LogP contribution in [0, 0.1) is 5.82 Å². The first-order valence-corrected chi connectivity index (χ1v) is 12.9. The van der Waals surface area contributed by atoms with E-state index in [4.69, 9.17) is 0 Å². The molecule has 0 aromatic heterocycles. The van der Waals surface area contributed by atoms with Crippen LogP contribution in [0.2, 0.25) is 0 Å². The zero-order chi connectivity index (χ0) is 25.1. The Balaban J connectivity index is 1.56. The molecule has 4 rings (SSSR count). The molecular formula is C27H27FN2O4S. The van der Waals surface area contributed by atoms with Crippen LogP contribution in [-0.4, -0.2) is 37.5 Å². The fraction of sp³-hybridized carbons (Fsp3) is 0.259. The monoisotopic (exact) mass is 494 g/mol. The Morgan fingerprint density at radius 1 is 0.943 bits per heavy atom. The molecule has 35 heavy (non-hydrogen) atoms. The molecule has 0 aliphatic carbocycles. The van der Waals surface area contributed by atoms with E-state index < -0.39 is 15.4 Å². The summed E-state index contributed by atoms with van der Waals surface area (Å²) in [5.74, 6) is -0.742. The van der Waals surface area contributed by atoms with E-state index in [1.165, 1.54) is 35.5 Å². The van der Waals surface area contributed by atoms with Crippen LogP contribution >= 0.6 is 0 Å². The Morgan fingerprint density at radius 3 is 2.23 bits per heavy atom. The van der Waals surface area contributed by atoms with Gasteiger partial charge in [0.1, 0.15) is 5.82 Å². The minimum Gasteiger partial charge on any atom is -0.351 e. The molecular weight excluding hydrogens is 467 g/mol. The molecule has 0 bridgehead atoms. The summed E-state index contributed by atoms with van der Waals surface area (Å²) in [7, 11) is -3.82. The lowest BCUT2D eigenvalue weighted by Gasteiger charge is -2.40. The van der Waals surface area contributed by atoms with Gasteiger partial charge in [-0.15, -0.1) is 0 Å². The molecule has 6 nitrogen and oxygen atoms in total. The summed E-state index contributed by atoms with van der Waals surface area (Å²) < 4.78 is 41.2. The molecule has 1 heterocycles. The first kappa shape index (κ1) is 24.8. The fourth-order valence-electron chi connectivity index (χ4n) is 4.49. The number of piperidine rings is 1. The van der Waals surface area contributed by atoms with Crippen molar-refractivity contribution in [2.24, 2.45) is 0 Å². The molecule has 0 atom stereocenters. The summed E-state index contributed by atoms with van der Waals surface area (Å²) in [6.45, 7) is 1.95. The zero-order valence-corrected chi connectivity index (χ0v) is 20.2. The average Bonchev–Trinajstić information content (AvgIpc) is 2.88. The Kier molecular flexibility index (Phi) is 7.14. The number of amides is 1. The van der Waals surface area contributed by atoms with Crippen molar-refractivity contribution >= 4 is 21.7 Å². The maximum Gasteiger partial charge on any atom is 0.243 e. The lowest BCUT2D eigenvalue weighted by atomic mass is 9.72. The van der Waals surface area contributed by atoms with Crippen molar-refractivity contribution < 1.29 is 22.4 Å². The van der Waals surface area contributed by atoms with E-state index in [1.807, 2.05) is 30.3 Å². The maximum atomic E-state index is 13.5. The minimum atomic E-state index is -3.82. The number of hydrogen-bond acceptors (Lipinski definition) is 4. The van der Waals surface area contributed by atoms with Crippen molar-refractivity contribution in [3.63, 3.8) is 0 Å². The Bertz CT molecular complexity index is 1320. The van der Waals surface area contributed by atoms with Gasteiger partial charge in [0, 0.05) is 25.2 Å². The average molecular weight is 495 g/mol. The van der Waals surface area contributed by atoms with Crippen molar-refractivity contribution in [3.05, 3.63) is 101 Å². The van der Waals surface area contributed by atoms with Crippen molar-refractivity contribution in [1.29, 1.82) is 0 Å². The predicted molar refractivity (Wildman–Crippen MR) is 131 cm³/mol. The number of Topliss-reactive ketones (excluding diaryl/α,β-unsaturated/α-hetero) is 1. The van der Waals surface area contributed by atoms with Gasteiger partial charge in [0.2, 0.25) is 15.9 Å². The number of nitrogens with zero attached hydrogens (tertiary/aromatic N) is 1. The quantitative estimate of drug-likeness (QED) is 0.502. The second-order valence-corrected chi connectivity index (χ2v) is 10.7. The smallest absolute Gasteiger partial charge is 0.243 e. The third-order valence-corrected chi connectivity index (χ3v) is 8.48. The van der Waals surface area contributed by atoms with Crippen molar-refractivity contribution in [1.82, 2.24) is 9.62 Å². The van der Waals surface area contributed by atoms with Gasteiger partial charge in [0.15, 0.2) is 5.78 Å². The van der Waals surface area contributed by atoms with E-state index in [2.05, 4.69) is 5.32 Å². The third-order valence-electron chi connectivity index (χ3n) is 6.58. The van der Waals surface area contributed by atoms with Gasteiger partial charge in [0.05, 0.1) is 10.3 Å². The van der Waals surface area contributed by atoms with Crippen LogP contribution in [0.25, 0.3) is 0 Å². The summed E-state index contributed by atoms with van der Waals surface area (Å²) in [4.78, 5) is 25.3. The number of carbonyl (C=O) groups excluding carboxylic acids is 2. The molecule has 8 heteroatoms. The van der Waals surface area contributed by atoms with Crippen LogP contribution < -0.4 is 5.32 Å². The van der Waals surface area contributed by atoms with Gasteiger partial charge in [-0.2, -0.15) is 4.31 Å². The molecule has 1 saturated heterocycles. The molecule has 0 saturated carbocycles. The van der Waals surface area contributed by atoms with Gasteiger partial charge in [-0.3, -0.25) is 9.59 Å². The highest BCUT2D eigenvalue weighted by Crippen LogP contribution is 2.37. The Hall–Kier alpha value is -3.36. The van der Waals surface area contributed by atoms with Crippen LogP contribution in [0.5, 0.6) is 0 Å². The molecule has 0 unspecified atom stereocenters. The van der Waals surface area contributed by atoms with E-state index in [1.54, 1.807) is 24.3 Å². The Labute approximate surface area is 204 Å². The van der Waals surface area contributed by atoms with Gasteiger partial charge in [-0.25, -0.2) is 12.8 Å².